The van der Waals surface area contributed by atoms with E-state index < -0.39 is 0 Å². The molecule has 0 aliphatic carbocycles. The summed E-state index contributed by atoms with van der Waals surface area (Å²) in [5.41, 5.74) is 2.09. The van der Waals surface area contributed by atoms with Crippen molar-refractivity contribution in [3.05, 3.63) is 47.5 Å². The zero-order chi connectivity index (χ0) is 10.8. The Morgan fingerprint density at radius 3 is 2.40 bits per heavy atom. The highest BCUT2D eigenvalue weighted by atomic mass is 16.1. The van der Waals surface area contributed by atoms with E-state index in [0.29, 0.717) is 0 Å². The molecule has 2 aromatic carbocycles. The fourth-order valence-corrected chi connectivity index (χ4v) is 2.01. The molecular formula is C14H14O. The van der Waals surface area contributed by atoms with E-state index in [4.69, 9.17) is 0 Å². The van der Waals surface area contributed by atoms with Crippen LogP contribution in [-0.2, 0) is 6.42 Å². The van der Waals surface area contributed by atoms with E-state index in [1.165, 1.54) is 5.56 Å². The minimum atomic E-state index is 0.140. The molecule has 0 atom stereocenters. The molecule has 0 bridgehead atoms. The quantitative estimate of drug-likeness (QED) is 0.674. The van der Waals surface area contributed by atoms with Gasteiger partial charge in [-0.2, -0.15) is 0 Å². The molecule has 0 N–H and O–H groups in total. The van der Waals surface area contributed by atoms with Crippen molar-refractivity contribution < 1.29 is 4.79 Å². The molecule has 0 aliphatic heterocycles. The number of hydrogen-bond donors (Lipinski definition) is 0. The van der Waals surface area contributed by atoms with E-state index >= 15 is 0 Å². The average Bonchev–Trinajstić information content (AvgIpc) is 2.27. The van der Waals surface area contributed by atoms with Crippen LogP contribution in [0.25, 0.3) is 10.8 Å². The zero-order valence-electron chi connectivity index (χ0n) is 9.08. The number of Topliss-reactive ketones (excluding diaryl/α,β-unsaturated/α-hetero) is 1. The fourth-order valence-electron chi connectivity index (χ4n) is 2.01. The summed E-state index contributed by atoms with van der Waals surface area (Å²) in [6.07, 6.45) is 0.960. The van der Waals surface area contributed by atoms with Crippen LogP contribution >= 0.6 is 0 Å². The summed E-state index contributed by atoms with van der Waals surface area (Å²) in [7, 11) is 0. The molecule has 0 aromatic heterocycles. The van der Waals surface area contributed by atoms with Crippen LogP contribution < -0.4 is 0 Å². The van der Waals surface area contributed by atoms with Crippen LogP contribution in [0.2, 0.25) is 0 Å². The van der Waals surface area contributed by atoms with Crippen molar-refractivity contribution in [2.45, 2.75) is 20.3 Å². The Balaban J connectivity index is 2.87. The number of benzene rings is 2. The lowest BCUT2D eigenvalue weighted by Crippen LogP contribution is -1.96. The number of rotatable bonds is 2. The van der Waals surface area contributed by atoms with Gasteiger partial charge in [-0.25, -0.2) is 0 Å². The molecule has 0 heterocycles. The van der Waals surface area contributed by atoms with Crippen LogP contribution in [0.15, 0.2) is 36.4 Å². The maximum Gasteiger partial charge on any atom is 0.160 e. The van der Waals surface area contributed by atoms with Crippen molar-refractivity contribution in [1.29, 1.82) is 0 Å². The summed E-state index contributed by atoms with van der Waals surface area (Å²) >= 11 is 0. The number of hydrogen-bond acceptors (Lipinski definition) is 1. The molecule has 1 nitrogen and oxygen atoms in total. The Bertz CT molecular complexity index is 506. The molecule has 0 saturated carbocycles. The van der Waals surface area contributed by atoms with Crippen LogP contribution in [-0.4, -0.2) is 5.78 Å². The summed E-state index contributed by atoms with van der Waals surface area (Å²) < 4.78 is 0. The molecule has 0 saturated heterocycles. The van der Waals surface area contributed by atoms with Gasteiger partial charge in [-0.1, -0.05) is 43.3 Å². The van der Waals surface area contributed by atoms with Gasteiger partial charge in [0, 0.05) is 5.56 Å². The highest BCUT2D eigenvalue weighted by Gasteiger charge is 2.07. The van der Waals surface area contributed by atoms with Gasteiger partial charge < -0.3 is 0 Å². The summed E-state index contributed by atoms with van der Waals surface area (Å²) in [6.45, 7) is 3.74. The van der Waals surface area contributed by atoms with Crippen molar-refractivity contribution >= 4 is 16.6 Å². The number of aryl methyl sites for hydroxylation is 1. The lowest BCUT2D eigenvalue weighted by atomic mass is 9.96. The van der Waals surface area contributed by atoms with Gasteiger partial charge in [0.2, 0.25) is 0 Å². The van der Waals surface area contributed by atoms with E-state index in [1.807, 2.05) is 18.2 Å². The highest BCUT2D eigenvalue weighted by molar-refractivity contribution is 6.08. The first kappa shape index (κ1) is 9.91. The Labute approximate surface area is 89.7 Å². The van der Waals surface area contributed by atoms with Gasteiger partial charge in [0.05, 0.1) is 0 Å². The van der Waals surface area contributed by atoms with Gasteiger partial charge in [-0.15, -0.1) is 0 Å². The Hall–Kier alpha value is -1.63. The predicted octanol–water partition coefficient (Wildman–Crippen LogP) is 3.60. The molecule has 2 rings (SSSR count). The summed E-state index contributed by atoms with van der Waals surface area (Å²) in [5, 5.41) is 2.28. The molecular weight excluding hydrogens is 184 g/mol. The molecule has 0 fully saturated rings. The second kappa shape index (κ2) is 3.85. The van der Waals surface area contributed by atoms with E-state index in [1.54, 1.807) is 6.92 Å². The van der Waals surface area contributed by atoms with Gasteiger partial charge in [0.15, 0.2) is 5.78 Å². The van der Waals surface area contributed by atoms with Crippen LogP contribution in [0, 0.1) is 0 Å². The molecule has 0 spiro atoms. The van der Waals surface area contributed by atoms with Crippen LogP contribution in [0.4, 0.5) is 0 Å². The molecule has 76 valence electrons. The maximum atomic E-state index is 11.5. The Morgan fingerprint density at radius 2 is 1.80 bits per heavy atom. The molecule has 15 heavy (non-hydrogen) atoms. The van der Waals surface area contributed by atoms with Crippen molar-refractivity contribution in [3.8, 4) is 0 Å². The van der Waals surface area contributed by atoms with Crippen LogP contribution in [0.5, 0.6) is 0 Å². The summed E-state index contributed by atoms with van der Waals surface area (Å²) in [6, 6.07) is 12.1. The second-order valence-corrected chi connectivity index (χ2v) is 3.73. The molecule has 1 heteroatoms. The summed E-state index contributed by atoms with van der Waals surface area (Å²) in [4.78, 5) is 11.5. The van der Waals surface area contributed by atoms with Crippen molar-refractivity contribution in [1.82, 2.24) is 0 Å². The Kier molecular flexibility index (Phi) is 2.55. The number of ketones is 1. The average molecular weight is 198 g/mol. The first-order valence-corrected chi connectivity index (χ1v) is 5.25. The van der Waals surface area contributed by atoms with Gasteiger partial charge in [-0.05, 0) is 29.7 Å². The topological polar surface area (TPSA) is 17.1 Å². The Morgan fingerprint density at radius 1 is 1.13 bits per heavy atom. The number of fused-ring (bicyclic) bond motifs is 1. The van der Waals surface area contributed by atoms with Gasteiger partial charge >= 0.3 is 0 Å². The molecule has 0 unspecified atom stereocenters. The maximum absolute atomic E-state index is 11.5. The van der Waals surface area contributed by atoms with E-state index in [2.05, 4.69) is 25.1 Å². The monoisotopic (exact) mass is 198 g/mol. The van der Waals surface area contributed by atoms with Crippen molar-refractivity contribution in [3.63, 3.8) is 0 Å². The zero-order valence-corrected chi connectivity index (χ0v) is 9.08. The fraction of sp³-hybridized carbons (Fsp3) is 0.214. The first-order chi connectivity index (χ1) is 7.24. The van der Waals surface area contributed by atoms with E-state index in [-0.39, 0.29) is 5.78 Å². The van der Waals surface area contributed by atoms with Crippen molar-refractivity contribution in [2.75, 3.05) is 0 Å². The minimum Gasteiger partial charge on any atom is -0.294 e. The number of carbonyl (C=O) groups is 1. The van der Waals surface area contributed by atoms with Gasteiger partial charge in [-0.3, -0.25) is 4.79 Å². The normalized spacial score (nSPS) is 10.5. The van der Waals surface area contributed by atoms with Gasteiger partial charge in [0.1, 0.15) is 0 Å². The van der Waals surface area contributed by atoms with Gasteiger partial charge in [0.25, 0.3) is 0 Å². The number of carbonyl (C=O) groups excluding carboxylic acids is 1. The second-order valence-electron chi connectivity index (χ2n) is 3.73. The van der Waals surface area contributed by atoms with Crippen LogP contribution in [0.3, 0.4) is 0 Å². The molecule has 0 aliphatic rings. The lowest BCUT2D eigenvalue weighted by Gasteiger charge is -2.07. The standard InChI is InChI=1S/C14H14O/c1-3-11-6-4-7-12-8-5-9-13(10(2)15)14(11)12/h4-9H,3H2,1-2H3. The molecule has 2 aromatic rings. The first-order valence-electron chi connectivity index (χ1n) is 5.25. The third kappa shape index (κ3) is 1.65. The highest BCUT2D eigenvalue weighted by Crippen LogP contribution is 2.23. The van der Waals surface area contributed by atoms with Crippen molar-refractivity contribution in [2.24, 2.45) is 0 Å². The molecule has 0 amide bonds. The largest absolute Gasteiger partial charge is 0.294 e. The van der Waals surface area contributed by atoms with E-state index in [9.17, 15) is 4.79 Å². The summed E-state index contributed by atoms with van der Waals surface area (Å²) in [5.74, 6) is 0.140. The minimum absolute atomic E-state index is 0.140. The SMILES string of the molecule is CCc1cccc2cccc(C(C)=O)c12. The third-order valence-electron chi connectivity index (χ3n) is 2.75. The van der Waals surface area contributed by atoms with Crippen LogP contribution in [0.1, 0.15) is 29.8 Å². The lowest BCUT2D eigenvalue weighted by molar-refractivity contribution is 0.101. The smallest absolute Gasteiger partial charge is 0.160 e. The molecule has 0 radical (unpaired) electrons. The third-order valence-corrected chi connectivity index (χ3v) is 2.75. The predicted molar refractivity (Wildman–Crippen MR) is 63.3 cm³/mol. The van der Waals surface area contributed by atoms with E-state index in [0.717, 1.165) is 22.8 Å².